The molecule has 4 bridgehead atoms. The summed E-state index contributed by atoms with van der Waals surface area (Å²) in [5.41, 5.74) is 2.00. The molecule has 0 radical (unpaired) electrons. The van der Waals surface area contributed by atoms with Crippen molar-refractivity contribution in [3.05, 3.63) is 17.5 Å². The number of aryl methyl sites for hydroxylation is 1. The first-order valence-corrected chi connectivity index (χ1v) is 7.84. The molecule has 4 fully saturated rings. The highest BCUT2D eigenvalue weighted by molar-refractivity contribution is 5.69. The van der Waals surface area contributed by atoms with Gasteiger partial charge in [-0.25, -0.2) is 0 Å². The lowest BCUT2D eigenvalue weighted by Crippen LogP contribution is -2.44. The molecule has 0 spiro atoms. The van der Waals surface area contributed by atoms with Crippen molar-refractivity contribution >= 4 is 5.97 Å². The molecular weight excluding hydrogens is 252 g/mol. The zero-order valence-electron chi connectivity index (χ0n) is 12.0. The number of carbonyl (C=O) groups is 1. The summed E-state index contributed by atoms with van der Waals surface area (Å²) in [6.07, 6.45) is 7.05. The first kappa shape index (κ1) is 12.4. The third-order valence-corrected chi connectivity index (χ3v) is 5.87. The van der Waals surface area contributed by atoms with Gasteiger partial charge >= 0.3 is 5.97 Å². The monoisotopic (exact) mass is 274 g/mol. The standard InChI is InChI=1S/C16H22N2O2/c1-18-14(7-13(17-18)8-15(19)20)16-11-3-9-2-10(5-11)6-12(16)4-9/h7,9-12,16H,2-6,8H2,1H3,(H,19,20). The lowest BCUT2D eigenvalue weighted by Gasteiger charge is -2.54. The van der Waals surface area contributed by atoms with E-state index in [-0.39, 0.29) is 6.42 Å². The molecule has 0 unspecified atom stereocenters. The van der Waals surface area contributed by atoms with Crippen LogP contribution in [-0.2, 0) is 18.3 Å². The summed E-state index contributed by atoms with van der Waals surface area (Å²) in [4.78, 5) is 10.9. The zero-order chi connectivity index (χ0) is 13.9. The SMILES string of the molecule is Cn1nc(CC(=O)O)cc1C1C2CC3CC(C2)CC1C3. The van der Waals surface area contributed by atoms with Crippen LogP contribution in [0.4, 0.5) is 0 Å². The van der Waals surface area contributed by atoms with E-state index in [9.17, 15) is 4.79 Å². The summed E-state index contributed by atoms with van der Waals surface area (Å²) in [5.74, 6) is 3.42. The van der Waals surface area contributed by atoms with E-state index in [1.165, 1.54) is 37.8 Å². The van der Waals surface area contributed by atoms with Gasteiger partial charge in [-0.2, -0.15) is 5.10 Å². The van der Waals surface area contributed by atoms with Crippen LogP contribution in [0.5, 0.6) is 0 Å². The molecule has 1 aromatic rings. The van der Waals surface area contributed by atoms with Crippen LogP contribution in [0.2, 0.25) is 0 Å². The van der Waals surface area contributed by atoms with Crippen molar-refractivity contribution in [1.29, 1.82) is 0 Å². The summed E-state index contributed by atoms with van der Waals surface area (Å²) in [7, 11) is 1.98. The molecule has 4 saturated carbocycles. The molecule has 4 aliphatic carbocycles. The van der Waals surface area contributed by atoms with Gasteiger partial charge in [0.05, 0.1) is 12.1 Å². The van der Waals surface area contributed by atoms with Crippen molar-refractivity contribution in [3.63, 3.8) is 0 Å². The molecule has 4 aliphatic rings. The summed E-state index contributed by atoms with van der Waals surface area (Å²) in [6.45, 7) is 0. The number of carboxylic acids is 1. The van der Waals surface area contributed by atoms with E-state index in [0.29, 0.717) is 11.6 Å². The third kappa shape index (κ3) is 1.88. The minimum absolute atomic E-state index is 0.0428. The Hall–Kier alpha value is -1.32. The fraction of sp³-hybridized carbons (Fsp3) is 0.750. The molecule has 0 amide bonds. The summed E-state index contributed by atoms with van der Waals surface area (Å²) < 4.78 is 1.95. The molecule has 4 heteroatoms. The van der Waals surface area contributed by atoms with Gasteiger partial charge in [-0.05, 0) is 61.8 Å². The average Bonchev–Trinajstić information content (AvgIpc) is 2.68. The van der Waals surface area contributed by atoms with E-state index in [4.69, 9.17) is 5.11 Å². The molecule has 5 rings (SSSR count). The van der Waals surface area contributed by atoms with Crippen LogP contribution in [0.3, 0.4) is 0 Å². The van der Waals surface area contributed by atoms with Crippen LogP contribution in [0.25, 0.3) is 0 Å². The molecule has 108 valence electrons. The maximum atomic E-state index is 10.9. The van der Waals surface area contributed by atoms with Crippen LogP contribution < -0.4 is 0 Å². The van der Waals surface area contributed by atoms with E-state index in [0.717, 1.165) is 23.7 Å². The summed E-state index contributed by atoms with van der Waals surface area (Å²) >= 11 is 0. The van der Waals surface area contributed by atoms with Gasteiger partial charge in [0, 0.05) is 18.7 Å². The number of hydrogen-bond donors (Lipinski definition) is 1. The minimum Gasteiger partial charge on any atom is -0.481 e. The lowest BCUT2D eigenvalue weighted by molar-refractivity contribution is -0.136. The number of aliphatic carboxylic acids is 1. The van der Waals surface area contributed by atoms with Crippen molar-refractivity contribution in [2.75, 3.05) is 0 Å². The van der Waals surface area contributed by atoms with E-state index in [1.807, 2.05) is 11.7 Å². The molecule has 0 aliphatic heterocycles. The van der Waals surface area contributed by atoms with Crippen molar-refractivity contribution in [1.82, 2.24) is 9.78 Å². The van der Waals surface area contributed by atoms with Crippen LogP contribution in [0.15, 0.2) is 6.07 Å². The van der Waals surface area contributed by atoms with Crippen LogP contribution in [0.1, 0.15) is 49.4 Å². The highest BCUT2D eigenvalue weighted by Crippen LogP contribution is 2.59. The molecule has 0 aromatic carbocycles. The number of carboxylic acid groups (broad SMARTS) is 1. The predicted molar refractivity (Wildman–Crippen MR) is 74.3 cm³/mol. The molecule has 4 nitrogen and oxygen atoms in total. The Bertz CT molecular complexity index is 521. The maximum Gasteiger partial charge on any atom is 0.309 e. The topological polar surface area (TPSA) is 55.1 Å². The van der Waals surface area contributed by atoms with Gasteiger partial charge in [-0.3, -0.25) is 9.48 Å². The maximum absolute atomic E-state index is 10.9. The van der Waals surface area contributed by atoms with Crippen LogP contribution in [0, 0.1) is 23.7 Å². The first-order chi connectivity index (χ1) is 9.60. The summed E-state index contributed by atoms with van der Waals surface area (Å²) in [6, 6.07) is 2.06. The number of rotatable bonds is 3. The largest absolute Gasteiger partial charge is 0.481 e. The van der Waals surface area contributed by atoms with Gasteiger partial charge < -0.3 is 5.11 Å². The first-order valence-electron chi connectivity index (χ1n) is 7.84. The molecule has 1 aromatic heterocycles. The lowest BCUT2D eigenvalue weighted by atomic mass is 9.51. The van der Waals surface area contributed by atoms with Crippen molar-refractivity contribution in [2.24, 2.45) is 30.7 Å². The Morgan fingerprint density at radius 3 is 2.40 bits per heavy atom. The molecule has 1 N–H and O–H groups in total. The molecular formula is C16H22N2O2. The molecule has 1 heterocycles. The fourth-order valence-electron chi connectivity index (χ4n) is 5.50. The molecule has 0 saturated heterocycles. The number of aromatic nitrogens is 2. The normalized spacial score (nSPS) is 38.4. The van der Waals surface area contributed by atoms with Gasteiger partial charge in [-0.15, -0.1) is 0 Å². The van der Waals surface area contributed by atoms with Gasteiger partial charge in [0.2, 0.25) is 0 Å². The van der Waals surface area contributed by atoms with Gasteiger partial charge in [-0.1, -0.05) is 0 Å². The fourth-order valence-corrected chi connectivity index (χ4v) is 5.50. The smallest absolute Gasteiger partial charge is 0.309 e. The zero-order valence-corrected chi connectivity index (χ0v) is 12.0. The Labute approximate surface area is 119 Å². The van der Waals surface area contributed by atoms with E-state index >= 15 is 0 Å². The minimum atomic E-state index is -0.792. The van der Waals surface area contributed by atoms with E-state index in [1.54, 1.807) is 0 Å². The van der Waals surface area contributed by atoms with Crippen LogP contribution >= 0.6 is 0 Å². The second-order valence-corrected chi connectivity index (χ2v) is 7.21. The number of nitrogens with zero attached hydrogens (tertiary/aromatic N) is 2. The Morgan fingerprint density at radius 2 is 1.85 bits per heavy atom. The Balaban J connectivity index is 1.64. The van der Waals surface area contributed by atoms with Crippen molar-refractivity contribution in [3.8, 4) is 0 Å². The Kier molecular flexibility index (Phi) is 2.69. The molecule has 20 heavy (non-hydrogen) atoms. The highest BCUT2D eigenvalue weighted by atomic mass is 16.4. The van der Waals surface area contributed by atoms with E-state index < -0.39 is 5.97 Å². The quantitative estimate of drug-likeness (QED) is 0.921. The highest BCUT2D eigenvalue weighted by Gasteiger charge is 2.49. The Morgan fingerprint density at radius 1 is 1.25 bits per heavy atom. The predicted octanol–water partition coefficient (Wildman–Crippen LogP) is 2.59. The van der Waals surface area contributed by atoms with Gasteiger partial charge in [0.25, 0.3) is 0 Å². The average molecular weight is 274 g/mol. The van der Waals surface area contributed by atoms with Crippen LogP contribution in [-0.4, -0.2) is 20.9 Å². The second kappa shape index (κ2) is 4.34. The van der Waals surface area contributed by atoms with E-state index in [2.05, 4.69) is 11.2 Å². The molecule has 0 atom stereocenters. The second-order valence-electron chi connectivity index (χ2n) is 7.21. The summed E-state index contributed by atoms with van der Waals surface area (Å²) in [5, 5.41) is 13.3. The number of hydrogen-bond acceptors (Lipinski definition) is 2. The van der Waals surface area contributed by atoms with Gasteiger partial charge in [0.15, 0.2) is 0 Å². The van der Waals surface area contributed by atoms with Gasteiger partial charge in [0.1, 0.15) is 0 Å². The van der Waals surface area contributed by atoms with Crippen molar-refractivity contribution in [2.45, 2.75) is 44.4 Å². The van der Waals surface area contributed by atoms with Crippen molar-refractivity contribution < 1.29 is 9.90 Å². The third-order valence-electron chi connectivity index (χ3n) is 5.87.